The van der Waals surface area contributed by atoms with Gasteiger partial charge in [0.1, 0.15) is 18.2 Å². The maximum atomic E-state index is 14.6. The lowest BCUT2D eigenvalue weighted by atomic mass is 9.68. The number of ketones is 3. The molecular weight excluding hydrogens is 939 g/mol. The Hall–Kier alpha value is -3.19. The maximum absolute atomic E-state index is 14.6. The van der Waals surface area contributed by atoms with Crippen LogP contribution < -0.4 is 0 Å². The van der Waals surface area contributed by atoms with Crippen LogP contribution in [0, 0.1) is 41.4 Å². The monoisotopic (exact) mass is 1030 g/mol. The van der Waals surface area contributed by atoms with Crippen LogP contribution in [-0.4, -0.2) is 154 Å². The van der Waals surface area contributed by atoms with E-state index in [0.717, 1.165) is 24.6 Å². The topological polar surface area (TPSA) is 194 Å². The molecule has 1 aliphatic carbocycles. The Bertz CT molecular complexity index is 1980. The van der Waals surface area contributed by atoms with Crippen LogP contribution in [0.1, 0.15) is 112 Å². The van der Waals surface area contributed by atoms with Crippen molar-refractivity contribution in [1.29, 1.82) is 0 Å². The molecule has 406 valence electrons. The molecule has 1 saturated carbocycles. The number of ether oxygens (including phenoxy) is 7. The summed E-state index contributed by atoms with van der Waals surface area (Å²) in [5.41, 5.74) is 1.23. The molecule has 16 atom stereocenters. The SMILES string of the molecule is CO[C@H]1C[C@@H]2CC[C@@H](C)[C@@](O)(O2)C(=O)C(=O)N2CCCC3[C@H]2C(=O)O[C@@H](CC(=O)C(C)=CC(C)[C@@H](O)[C@@H](OC)C(=O)[C@H](C)C[C@H](C)C=CC=CC=C1C)[C@H]3C[C@@H]1CC[C@@H](OCCOC[Si](C)(C)C)[C@H](OC)C1. The van der Waals surface area contributed by atoms with E-state index in [1.165, 1.54) is 12.0 Å². The van der Waals surface area contributed by atoms with Crippen LogP contribution in [-0.2, 0) is 57.1 Å². The molecule has 4 heterocycles. The van der Waals surface area contributed by atoms with Crippen molar-refractivity contribution in [3.63, 3.8) is 0 Å². The van der Waals surface area contributed by atoms with Gasteiger partial charge in [0.05, 0.1) is 51.8 Å². The van der Waals surface area contributed by atoms with Crippen molar-refractivity contribution in [2.24, 2.45) is 41.4 Å². The molecule has 0 spiro atoms. The highest BCUT2D eigenvalue weighted by Crippen LogP contribution is 2.45. The number of aliphatic hydroxyl groups excluding tert-OH is 1. The van der Waals surface area contributed by atoms with Gasteiger partial charge in [0.25, 0.3) is 11.7 Å². The smallest absolute Gasteiger partial charge is 0.329 e. The number of hydrogen-bond acceptors (Lipinski definition) is 14. The summed E-state index contributed by atoms with van der Waals surface area (Å²) < 4.78 is 42.3. The van der Waals surface area contributed by atoms with E-state index >= 15 is 0 Å². The van der Waals surface area contributed by atoms with Crippen molar-refractivity contribution < 1.29 is 67.3 Å². The van der Waals surface area contributed by atoms with Gasteiger partial charge in [-0.1, -0.05) is 83.8 Å². The maximum Gasteiger partial charge on any atom is 0.329 e. The lowest BCUT2D eigenvalue weighted by Gasteiger charge is -2.50. The van der Waals surface area contributed by atoms with Gasteiger partial charge < -0.3 is 48.3 Å². The first-order chi connectivity index (χ1) is 34.0. The van der Waals surface area contributed by atoms with Gasteiger partial charge in [-0.15, -0.1) is 0 Å². The fourth-order valence-corrected chi connectivity index (χ4v) is 12.5. The number of aliphatic hydroxyl groups is 2. The molecule has 3 saturated heterocycles. The number of methoxy groups -OCH3 is 3. The second kappa shape index (κ2) is 27.0. The first kappa shape index (κ1) is 59.7. The van der Waals surface area contributed by atoms with E-state index in [4.69, 9.17) is 33.2 Å². The van der Waals surface area contributed by atoms with Crippen LogP contribution >= 0.6 is 0 Å². The summed E-state index contributed by atoms with van der Waals surface area (Å²) in [7, 11) is 3.31. The first-order valence-corrected chi connectivity index (χ1v) is 30.4. The number of fused-ring (bicyclic) bond motifs is 3. The van der Waals surface area contributed by atoms with Gasteiger partial charge in [-0.3, -0.25) is 19.2 Å². The molecule has 0 aromatic rings. The number of amides is 1. The van der Waals surface area contributed by atoms with Crippen molar-refractivity contribution in [2.75, 3.05) is 47.3 Å². The molecule has 0 aromatic heterocycles. The molecule has 6 bridgehead atoms. The summed E-state index contributed by atoms with van der Waals surface area (Å²) in [4.78, 5) is 72.9. The molecular formula is C56H89NO14Si. The lowest BCUT2D eigenvalue weighted by Crippen LogP contribution is -2.65. The number of allylic oxidation sites excluding steroid dienone is 6. The molecule has 4 fully saturated rings. The molecule has 72 heavy (non-hydrogen) atoms. The van der Waals surface area contributed by atoms with Crippen molar-refractivity contribution in [1.82, 2.24) is 4.90 Å². The van der Waals surface area contributed by atoms with Gasteiger partial charge in [-0.05, 0) is 101 Å². The predicted molar refractivity (Wildman–Crippen MR) is 276 cm³/mol. The summed E-state index contributed by atoms with van der Waals surface area (Å²) in [5.74, 6) is -8.28. The van der Waals surface area contributed by atoms with Gasteiger partial charge in [0.15, 0.2) is 11.6 Å². The molecule has 16 heteroatoms. The minimum absolute atomic E-state index is 0.0251. The van der Waals surface area contributed by atoms with Gasteiger partial charge in [0.2, 0.25) is 5.79 Å². The van der Waals surface area contributed by atoms with E-state index < -0.39 is 91.8 Å². The first-order valence-electron chi connectivity index (χ1n) is 26.7. The van der Waals surface area contributed by atoms with Gasteiger partial charge >= 0.3 is 5.97 Å². The minimum Gasteiger partial charge on any atom is -0.460 e. The Morgan fingerprint density at radius 3 is 2.26 bits per heavy atom. The largest absolute Gasteiger partial charge is 0.460 e. The standard InChI is InChI=1S/C56H89NO14Si/c1-34-17-14-13-15-18-35(2)46(65-7)31-41-22-20-39(6)56(64,71-41)53(61)54(62)57-24-16-19-42-43(29-40-21-23-45(48(30-40)66-8)69-26-25-68-33-72(10,11)12)47(70-55(63)49(42)57)32-44(58)36(3)28-38(5)51(60)52(67-9)50(59)37(4)27-34/h13-15,17-18,28,34,37-43,45-49,51-52,60,64H,16,19-27,29-33H2,1-12H3/t34-,37-,38?,39-,40+,41+,42?,43+,45-,46+,47+,48-,49+,51-,52+,56-/m1/s1. The molecule has 4 aliphatic heterocycles. The van der Waals surface area contributed by atoms with Crippen LogP contribution in [0.25, 0.3) is 0 Å². The average molecular weight is 1030 g/mol. The number of carbonyl (C=O) groups excluding carboxylic acids is 5. The number of carbonyl (C=O) groups is 5. The summed E-state index contributed by atoms with van der Waals surface area (Å²) in [6.45, 7) is 18.7. The van der Waals surface area contributed by atoms with Gasteiger partial charge in [-0.25, -0.2) is 4.79 Å². The van der Waals surface area contributed by atoms with Crippen LogP contribution in [0.5, 0.6) is 0 Å². The molecule has 5 rings (SSSR count). The minimum atomic E-state index is -2.44. The number of esters is 1. The number of nitrogens with zero attached hydrogens (tertiary/aromatic N) is 1. The fourth-order valence-electron chi connectivity index (χ4n) is 11.8. The third-order valence-corrected chi connectivity index (χ3v) is 17.1. The Morgan fingerprint density at radius 2 is 1.58 bits per heavy atom. The van der Waals surface area contributed by atoms with E-state index in [9.17, 15) is 34.2 Å². The summed E-state index contributed by atoms with van der Waals surface area (Å²) in [6.07, 6.45) is 12.9. The average Bonchev–Trinajstić information content (AvgIpc) is 3.33. The van der Waals surface area contributed by atoms with E-state index in [1.807, 2.05) is 51.2 Å². The van der Waals surface area contributed by atoms with E-state index in [0.29, 0.717) is 70.2 Å². The van der Waals surface area contributed by atoms with Crippen LogP contribution in [0.2, 0.25) is 19.6 Å². The van der Waals surface area contributed by atoms with E-state index in [2.05, 4.69) is 19.6 Å². The number of piperidine rings is 1. The van der Waals surface area contributed by atoms with Crippen molar-refractivity contribution in [2.45, 2.75) is 186 Å². The van der Waals surface area contributed by atoms with Crippen molar-refractivity contribution >= 4 is 37.3 Å². The van der Waals surface area contributed by atoms with Crippen molar-refractivity contribution in [3.8, 4) is 0 Å². The quantitative estimate of drug-likeness (QED) is 0.0905. The van der Waals surface area contributed by atoms with Gasteiger partial charge in [-0.2, -0.15) is 0 Å². The summed E-state index contributed by atoms with van der Waals surface area (Å²) >= 11 is 0. The molecule has 0 radical (unpaired) electrons. The zero-order valence-corrected chi connectivity index (χ0v) is 46.5. The van der Waals surface area contributed by atoms with E-state index in [1.54, 1.807) is 41.1 Å². The number of Topliss-reactive ketones (excluding diaryl/α,β-unsaturated/α-hetero) is 3. The highest BCUT2D eigenvalue weighted by Gasteiger charge is 2.57. The predicted octanol–water partition coefficient (Wildman–Crippen LogP) is 7.32. The Kier molecular flexibility index (Phi) is 22.4. The molecule has 15 nitrogen and oxygen atoms in total. The molecule has 2 N–H and O–H groups in total. The Labute approximate surface area is 430 Å². The Balaban J connectivity index is 1.47. The summed E-state index contributed by atoms with van der Waals surface area (Å²) in [6, 6.07) is -1.12. The highest BCUT2D eigenvalue weighted by atomic mass is 28.3. The normalized spacial score (nSPS) is 37.6. The molecule has 2 unspecified atom stereocenters. The zero-order valence-electron chi connectivity index (χ0n) is 45.5. The molecule has 5 aliphatic rings. The van der Waals surface area contributed by atoms with Crippen molar-refractivity contribution in [3.05, 3.63) is 47.6 Å². The van der Waals surface area contributed by atoms with E-state index in [-0.39, 0.29) is 54.5 Å². The van der Waals surface area contributed by atoms with Crippen LogP contribution in [0.3, 0.4) is 0 Å². The van der Waals surface area contributed by atoms with Crippen LogP contribution in [0.4, 0.5) is 0 Å². The molecule has 0 aromatic carbocycles. The van der Waals surface area contributed by atoms with Crippen LogP contribution in [0.15, 0.2) is 47.6 Å². The lowest BCUT2D eigenvalue weighted by molar-refractivity contribution is -0.266. The molecule has 1 amide bonds. The second-order valence-electron chi connectivity index (χ2n) is 23.0. The zero-order chi connectivity index (χ0) is 53.1. The second-order valence-corrected chi connectivity index (χ2v) is 28.4. The third-order valence-electron chi connectivity index (χ3n) is 16.0. The third kappa shape index (κ3) is 15.5. The number of hydrogen-bond donors (Lipinski definition) is 2. The Morgan fingerprint density at radius 1 is 0.847 bits per heavy atom. The fraction of sp³-hybridized carbons (Fsp3) is 0.768. The highest BCUT2D eigenvalue weighted by molar-refractivity contribution is 6.76. The van der Waals surface area contributed by atoms with Gasteiger partial charge in [0, 0.05) is 70.6 Å². The number of rotatable bonds is 11. The summed E-state index contributed by atoms with van der Waals surface area (Å²) in [5, 5.41) is 23.7.